The molecule has 9 rings (SSSR count). The first-order chi connectivity index (χ1) is 32.6. The Kier molecular flexibility index (Phi) is 7.70. The molecule has 9 aromatic rings. The molecule has 0 aliphatic carbocycles. The van der Waals surface area contributed by atoms with Crippen molar-refractivity contribution < 1.29 is 46.7 Å². The maximum Gasteiger partial charge on any atom is 3.00 e. The predicted octanol–water partition coefficient (Wildman–Crippen LogP) is 11.7. The second-order valence-corrected chi connectivity index (χ2v) is 12.6. The average Bonchev–Trinajstić information content (AvgIpc) is 3.75. The van der Waals surface area contributed by atoms with Crippen LogP contribution in [0, 0.1) is 24.0 Å². The van der Waals surface area contributed by atoms with E-state index in [1.807, 2.05) is 0 Å². The molecule has 4 nitrogen and oxygen atoms in total. The molecule has 0 bridgehead atoms. The second kappa shape index (κ2) is 17.4. The van der Waals surface area contributed by atoms with Crippen molar-refractivity contribution in [2.24, 2.45) is 0 Å². The summed E-state index contributed by atoms with van der Waals surface area (Å²) < 4.78 is 140. The van der Waals surface area contributed by atoms with Crippen molar-refractivity contribution >= 4 is 21.9 Å². The van der Waals surface area contributed by atoms with Crippen molar-refractivity contribution in [1.29, 1.82) is 0 Å². The molecule has 5 aromatic carbocycles. The monoisotopic (exact) mass is 932 g/mol. The summed E-state index contributed by atoms with van der Waals surface area (Å²) in [5.74, 6) is -0.851. The van der Waals surface area contributed by atoms with Gasteiger partial charge in [0.25, 0.3) is 0 Å². The van der Waals surface area contributed by atoms with Gasteiger partial charge in [0.05, 0.1) is 6.95 Å². The summed E-state index contributed by atoms with van der Waals surface area (Å²) in [6.07, 6.45) is -14.9. The second-order valence-electron chi connectivity index (χ2n) is 12.6. The Labute approximate surface area is 364 Å². The molecular weight excluding hydrogens is 882 g/mol. The van der Waals surface area contributed by atoms with Crippen molar-refractivity contribution in [3.8, 4) is 33.8 Å². The van der Waals surface area contributed by atoms with Crippen LogP contribution in [0.15, 0.2) is 156 Å². The first-order valence-corrected chi connectivity index (χ1v) is 17.6. The van der Waals surface area contributed by atoms with Gasteiger partial charge in [0.15, 0.2) is 11.4 Å². The standard InChI is InChI=1S/C51H37FN3O.Ir/c52-46-16-8-14-44-43-13-7-15-45(50(43)56-51(44)46)49-28-25-37(34-55-49)19-22-40-30-38(20-17-35-23-26-47(53-32-35)41-9-3-1-4-10-41)29-39(31-40)21-18-36-24-27-48(54-33-36)42-11-5-2-6-12-42;/h1-9,11,13-14,16,23-34H,17-22H2;/q-3;+3/i16D,17D2,18D2,19D2,20D2,21D2,22D2;. The molecule has 0 aliphatic heterocycles. The summed E-state index contributed by atoms with van der Waals surface area (Å²) in [6, 6.07) is 39.9. The summed E-state index contributed by atoms with van der Waals surface area (Å²) in [7, 11) is 0. The van der Waals surface area contributed by atoms with Crippen LogP contribution in [0.1, 0.15) is 51.2 Å². The molecule has 0 aliphatic rings. The molecule has 278 valence electrons. The molecule has 0 spiro atoms. The number of fused-ring (bicyclic) bond motifs is 3. The first-order valence-electron chi connectivity index (χ1n) is 24.1. The minimum Gasteiger partial charge on any atom is -0.498 e. The zero-order chi connectivity index (χ0) is 49.3. The SMILES string of the molecule is [2H]c1ccc2c(oc3c(-c4ccc(C([2H])([2H])C([2H])([2H])c5cc(C([2H])([2H])C([2H])([2H])c6ccc(-c7[c-]cccc7)nc6)cc(C([2H])([2H])C([2H])([2H])c6ccc(-c7[c-]cccc7)nc6)c5)cn4)[c-]ccc32)c1F.[Ir+3]. The molecule has 0 N–H and O–H groups in total. The summed E-state index contributed by atoms with van der Waals surface area (Å²) in [5.41, 5.74) is 0.0494. The Balaban J connectivity index is 0.00000659. The van der Waals surface area contributed by atoms with E-state index in [2.05, 4.69) is 33.2 Å². The third-order valence-electron chi connectivity index (χ3n) is 8.85. The number of para-hydroxylation sites is 1. The number of benzene rings is 5. The number of furan rings is 1. The molecule has 6 heteroatoms. The van der Waals surface area contributed by atoms with E-state index in [1.54, 1.807) is 66.7 Å². The zero-order valence-electron chi connectivity index (χ0n) is 42.8. The molecule has 4 aromatic heterocycles. The van der Waals surface area contributed by atoms with Gasteiger partial charge in [-0.1, -0.05) is 77.7 Å². The number of hydrogen-bond acceptors (Lipinski definition) is 4. The Hall–Kier alpha value is -6.07. The molecule has 0 amide bonds. The molecule has 0 atom stereocenters. The van der Waals surface area contributed by atoms with E-state index in [1.165, 1.54) is 42.5 Å². The van der Waals surface area contributed by atoms with Gasteiger partial charge in [-0.15, -0.1) is 90.0 Å². The maximum atomic E-state index is 14.9. The van der Waals surface area contributed by atoms with Crippen molar-refractivity contribution in [1.82, 2.24) is 15.0 Å². The van der Waals surface area contributed by atoms with Crippen LogP contribution in [0.5, 0.6) is 0 Å². The zero-order valence-corrected chi connectivity index (χ0v) is 32.2. The molecule has 0 radical (unpaired) electrons. The minimum absolute atomic E-state index is 0. The van der Waals surface area contributed by atoms with Gasteiger partial charge in [-0.05, 0) is 94.7 Å². The first kappa shape index (κ1) is 25.2. The van der Waals surface area contributed by atoms with E-state index in [0.717, 1.165) is 36.8 Å². The van der Waals surface area contributed by atoms with E-state index in [0.29, 0.717) is 33.3 Å². The average molecular weight is 932 g/mol. The van der Waals surface area contributed by atoms with Gasteiger partial charge in [0.2, 0.25) is 0 Å². The molecule has 57 heavy (non-hydrogen) atoms. The minimum atomic E-state index is -3.16. The number of aromatic nitrogens is 3. The van der Waals surface area contributed by atoms with Crippen LogP contribution >= 0.6 is 0 Å². The van der Waals surface area contributed by atoms with E-state index >= 15 is 0 Å². The van der Waals surface area contributed by atoms with Gasteiger partial charge in [0, 0.05) is 40.4 Å². The van der Waals surface area contributed by atoms with Crippen LogP contribution in [-0.4, -0.2) is 15.0 Å². The molecule has 0 saturated heterocycles. The smallest absolute Gasteiger partial charge is 0.498 e. The van der Waals surface area contributed by atoms with Crippen molar-refractivity contribution in [2.45, 2.75) is 38.2 Å². The third-order valence-corrected chi connectivity index (χ3v) is 8.85. The molecule has 4 heterocycles. The molecule has 0 fully saturated rings. The van der Waals surface area contributed by atoms with Crippen LogP contribution in [-0.2, 0) is 58.3 Å². The number of aryl methyl sites for hydroxylation is 6. The van der Waals surface area contributed by atoms with E-state index in [4.69, 9.17) is 5.79 Å². The van der Waals surface area contributed by atoms with Gasteiger partial charge in [-0.3, -0.25) is 0 Å². The molecule has 0 saturated carbocycles. The van der Waals surface area contributed by atoms with Crippen molar-refractivity contribution in [3.63, 3.8) is 0 Å². The van der Waals surface area contributed by atoms with Crippen LogP contribution in [0.2, 0.25) is 0 Å². The van der Waals surface area contributed by atoms with Crippen molar-refractivity contribution in [3.05, 3.63) is 209 Å². The normalized spacial score (nSPS) is 16.1. The predicted molar refractivity (Wildman–Crippen MR) is 221 cm³/mol. The number of nitrogens with zero attached hydrogens (tertiary/aromatic N) is 3. The van der Waals surface area contributed by atoms with Gasteiger partial charge < -0.3 is 19.4 Å². The van der Waals surface area contributed by atoms with Gasteiger partial charge in [0.1, 0.15) is 0 Å². The summed E-state index contributed by atoms with van der Waals surface area (Å²) >= 11 is 0. The van der Waals surface area contributed by atoms with Crippen LogP contribution in [0.3, 0.4) is 0 Å². The van der Waals surface area contributed by atoms with Gasteiger partial charge in [-0.2, -0.15) is 0 Å². The third kappa shape index (κ3) is 8.68. The van der Waals surface area contributed by atoms with Crippen LogP contribution < -0.4 is 0 Å². The Morgan fingerprint density at radius 2 is 1.00 bits per heavy atom. The fourth-order valence-electron chi connectivity index (χ4n) is 6.12. The number of hydrogen-bond donors (Lipinski definition) is 0. The fourth-order valence-corrected chi connectivity index (χ4v) is 6.12. The van der Waals surface area contributed by atoms with Crippen LogP contribution in [0.25, 0.3) is 55.7 Å². The number of pyridine rings is 3. The van der Waals surface area contributed by atoms with E-state index in [-0.39, 0.29) is 65.3 Å². The van der Waals surface area contributed by atoms with E-state index < -0.39 is 60.7 Å². The Bertz CT molecular complexity index is 3230. The summed E-state index contributed by atoms with van der Waals surface area (Å²) in [4.78, 5) is 13.1. The summed E-state index contributed by atoms with van der Waals surface area (Å²) in [6.45, 7) is 0. The quantitative estimate of drug-likeness (QED) is 0.115. The number of halogens is 1. The van der Waals surface area contributed by atoms with Gasteiger partial charge in [-0.25, -0.2) is 4.39 Å². The Morgan fingerprint density at radius 3 is 1.47 bits per heavy atom. The molecule has 0 unspecified atom stereocenters. The Morgan fingerprint density at radius 1 is 0.509 bits per heavy atom. The fraction of sp³-hybridized carbons (Fsp3) is 0.118. The number of rotatable bonds is 12. The summed E-state index contributed by atoms with van der Waals surface area (Å²) in [5, 5.41) is 0.928. The largest absolute Gasteiger partial charge is 3.00 e. The van der Waals surface area contributed by atoms with Crippen LogP contribution in [0.4, 0.5) is 4.39 Å². The van der Waals surface area contributed by atoms with E-state index in [9.17, 15) is 20.8 Å². The molecular formula is C51H37FIrN3O. The maximum absolute atomic E-state index is 14.9. The topological polar surface area (TPSA) is 51.8 Å². The van der Waals surface area contributed by atoms with Crippen molar-refractivity contribution in [2.75, 3.05) is 0 Å². The van der Waals surface area contributed by atoms with Gasteiger partial charge >= 0.3 is 20.1 Å².